The smallest absolute Gasteiger partial charge is 0.161 e. The second kappa shape index (κ2) is 6.29. The summed E-state index contributed by atoms with van der Waals surface area (Å²) in [6.07, 6.45) is 0.802. The molecule has 4 heteroatoms. The Morgan fingerprint density at radius 1 is 1.15 bits per heavy atom. The molecule has 1 heterocycles. The van der Waals surface area contributed by atoms with Gasteiger partial charge in [-0.1, -0.05) is 19.1 Å². The number of thiophene rings is 1. The number of benzene rings is 1. The highest BCUT2D eigenvalue weighted by Gasteiger charge is 2.28. The van der Waals surface area contributed by atoms with Crippen molar-refractivity contribution in [1.82, 2.24) is 0 Å². The van der Waals surface area contributed by atoms with E-state index in [1.807, 2.05) is 24.3 Å². The lowest BCUT2D eigenvalue weighted by Crippen LogP contribution is -2.29. The van der Waals surface area contributed by atoms with Crippen molar-refractivity contribution in [2.75, 3.05) is 20.8 Å². The van der Waals surface area contributed by atoms with Crippen molar-refractivity contribution in [3.63, 3.8) is 0 Å². The molecule has 1 aromatic heterocycles. The van der Waals surface area contributed by atoms with Gasteiger partial charge in [-0.05, 0) is 35.6 Å². The predicted molar refractivity (Wildman–Crippen MR) is 82.0 cm³/mol. The molecule has 1 atom stereocenters. The molecular formula is C16H20O3S. The maximum Gasteiger partial charge on any atom is 0.161 e. The van der Waals surface area contributed by atoms with Crippen LogP contribution in [0.1, 0.15) is 17.4 Å². The van der Waals surface area contributed by atoms with E-state index >= 15 is 0 Å². The maximum absolute atomic E-state index is 9.86. The van der Waals surface area contributed by atoms with Crippen LogP contribution in [0.15, 0.2) is 35.7 Å². The molecule has 1 aromatic carbocycles. The largest absolute Gasteiger partial charge is 0.493 e. The Hall–Kier alpha value is -1.52. The number of aliphatic hydroxyl groups excluding tert-OH is 1. The van der Waals surface area contributed by atoms with Crippen LogP contribution in [0.5, 0.6) is 11.5 Å². The number of rotatable bonds is 6. The Bertz CT molecular complexity index is 551. The summed E-state index contributed by atoms with van der Waals surface area (Å²) in [7, 11) is 3.24. The van der Waals surface area contributed by atoms with Crippen LogP contribution in [-0.2, 0) is 11.8 Å². The minimum atomic E-state index is -0.329. The zero-order valence-electron chi connectivity index (χ0n) is 12.1. The van der Waals surface area contributed by atoms with Gasteiger partial charge < -0.3 is 14.6 Å². The number of hydrogen-bond acceptors (Lipinski definition) is 4. The van der Waals surface area contributed by atoms with Crippen LogP contribution >= 0.6 is 11.3 Å². The maximum atomic E-state index is 9.86. The van der Waals surface area contributed by atoms with Crippen LogP contribution in [0.4, 0.5) is 0 Å². The number of ether oxygens (including phenoxy) is 2. The highest BCUT2D eigenvalue weighted by molar-refractivity contribution is 7.09. The van der Waals surface area contributed by atoms with Gasteiger partial charge in [0.25, 0.3) is 0 Å². The fraction of sp³-hybridized carbons (Fsp3) is 0.375. The van der Waals surface area contributed by atoms with Gasteiger partial charge in [-0.3, -0.25) is 0 Å². The highest BCUT2D eigenvalue weighted by atomic mass is 32.1. The van der Waals surface area contributed by atoms with Crippen molar-refractivity contribution in [3.8, 4) is 11.5 Å². The Balaban J connectivity index is 2.35. The van der Waals surface area contributed by atoms with Crippen molar-refractivity contribution in [2.24, 2.45) is 0 Å². The van der Waals surface area contributed by atoms with Crippen LogP contribution in [0.3, 0.4) is 0 Å². The van der Waals surface area contributed by atoms with Crippen LogP contribution < -0.4 is 9.47 Å². The van der Waals surface area contributed by atoms with E-state index < -0.39 is 0 Å². The Morgan fingerprint density at radius 3 is 2.45 bits per heavy atom. The molecule has 0 saturated carbocycles. The first kappa shape index (κ1) is 14.9. The molecule has 20 heavy (non-hydrogen) atoms. The van der Waals surface area contributed by atoms with E-state index in [0.717, 1.165) is 12.0 Å². The molecule has 0 aliphatic carbocycles. The number of methoxy groups -OCH3 is 2. The van der Waals surface area contributed by atoms with E-state index in [-0.39, 0.29) is 12.0 Å². The third-order valence-corrected chi connectivity index (χ3v) is 4.45. The fourth-order valence-electron chi connectivity index (χ4n) is 2.26. The van der Waals surface area contributed by atoms with Gasteiger partial charge in [0.15, 0.2) is 11.5 Å². The van der Waals surface area contributed by atoms with Crippen LogP contribution in [-0.4, -0.2) is 25.9 Å². The molecule has 0 spiro atoms. The van der Waals surface area contributed by atoms with Crippen molar-refractivity contribution in [3.05, 3.63) is 46.2 Å². The van der Waals surface area contributed by atoms with Gasteiger partial charge in [-0.15, -0.1) is 11.3 Å². The molecule has 0 fully saturated rings. The van der Waals surface area contributed by atoms with Gasteiger partial charge in [0, 0.05) is 10.3 Å². The Labute approximate surface area is 123 Å². The van der Waals surface area contributed by atoms with Gasteiger partial charge in [0.05, 0.1) is 20.8 Å². The average molecular weight is 292 g/mol. The van der Waals surface area contributed by atoms with Crippen molar-refractivity contribution >= 4 is 11.3 Å². The Morgan fingerprint density at radius 2 is 1.90 bits per heavy atom. The van der Waals surface area contributed by atoms with E-state index in [1.54, 1.807) is 25.6 Å². The molecule has 0 bridgehead atoms. The monoisotopic (exact) mass is 292 g/mol. The topological polar surface area (TPSA) is 38.7 Å². The van der Waals surface area contributed by atoms with Crippen molar-refractivity contribution < 1.29 is 14.6 Å². The first-order chi connectivity index (χ1) is 9.62. The van der Waals surface area contributed by atoms with Crippen molar-refractivity contribution in [2.45, 2.75) is 18.8 Å². The van der Waals surface area contributed by atoms with Gasteiger partial charge >= 0.3 is 0 Å². The third-order valence-electron chi connectivity index (χ3n) is 3.57. The summed E-state index contributed by atoms with van der Waals surface area (Å²) in [6, 6.07) is 9.95. The van der Waals surface area contributed by atoms with Gasteiger partial charge in [0.2, 0.25) is 0 Å². The molecule has 0 saturated heterocycles. The zero-order valence-corrected chi connectivity index (χ0v) is 12.9. The third kappa shape index (κ3) is 2.97. The molecule has 0 amide bonds. The lowest BCUT2D eigenvalue weighted by Gasteiger charge is -2.28. The molecule has 0 aliphatic heterocycles. The molecule has 108 valence electrons. The van der Waals surface area contributed by atoms with E-state index in [0.29, 0.717) is 11.5 Å². The molecule has 3 nitrogen and oxygen atoms in total. The number of aliphatic hydroxyl groups is 1. The molecule has 1 N–H and O–H groups in total. The summed E-state index contributed by atoms with van der Waals surface area (Å²) in [4.78, 5) is 1.26. The second-order valence-corrected chi connectivity index (χ2v) is 6.08. The molecule has 1 unspecified atom stereocenters. The molecule has 2 aromatic rings. The summed E-state index contributed by atoms with van der Waals surface area (Å²) >= 11 is 1.71. The summed E-state index contributed by atoms with van der Waals surface area (Å²) in [5.74, 6) is 1.39. The summed E-state index contributed by atoms with van der Waals surface area (Å²) < 4.78 is 10.6. The molecular weight excluding hydrogens is 272 g/mol. The lowest BCUT2D eigenvalue weighted by molar-refractivity contribution is 0.205. The van der Waals surface area contributed by atoms with Gasteiger partial charge in [0.1, 0.15) is 0 Å². The second-order valence-electron chi connectivity index (χ2n) is 5.04. The normalized spacial score (nSPS) is 13.8. The van der Waals surface area contributed by atoms with E-state index in [4.69, 9.17) is 9.47 Å². The fourth-order valence-corrected chi connectivity index (χ4v) is 3.15. The standard InChI is InChI=1S/C16H20O3S/c1-16(11-17,10-13-5-4-8-20-13)12-6-7-14(18-2)15(9-12)19-3/h4-9,17H,10-11H2,1-3H3. The highest BCUT2D eigenvalue weighted by Crippen LogP contribution is 2.35. The van der Waals surface area contributed by atoms with Crippen LogP contribution in [0.2, 0.25) is 0 Å². The first-order valence-electron chi connectivity index (χ1n) is 6.48. The summed E-state index contributed by atoms with van der Waals surface area (Å²) in [6.45, 7) is 2.15. The lowest BCUT2D eigenvalue weighted by atomic mass is 9.79. The zero-order chi connectivity index (χ0) is 14.6. The van der Waals surface area contributed by atoms with Gasteiger partial charge in [-0.2, -0.15) is 0 Å². The quantitative estimate of drug-likeness (QED) is 0.888. The van der Waals surface area contributed by atoms with Crippen molar-refractivity contribution in [1.29, 1.82) is 0 Å². The van der Waals surface area contributed by atoms with E-state index in [2.05, 4.69) is 18.4 Å². The van der Waals surface area contributed by atoms with E-state index in [1.165, 1.54) is 4.88 Å². The molecule has 0 radical (unpaired) electrons. The minimum absolute atomic E-state index is 0.0837. The van der Waals surface area contributed by atoms with Crippen LogP contribution in [0.25, 0.3) is 0 Å². The summed E-state index contributed by atoms with van der Waals surface area (Å²) in [5.41, 5.74) is 0.718. The van der Waals surface area contributed by atoms with Gasteiger partial charge in [-0.25, -0.2) is 0 Å². The SMILES string of the molecule is COc1ccc(C(C)(CO)Cc2cccs2)cc1OC. The number of hydrogen-bond donors (Lipinski definition) is 1. The first-order valence-corrected chi connectivity index (χ1v) is 7.36. The predicted octanol–water partition coefficient (Wildman–Crippen LogP) is 3.26. The minimum Gasteiger partial charge on any atom is -0.493 e. The summed E-state index contributed by atoms with van der Waals surface area (Å²) in [5, 5.41) is 11.9. The Kier molecular flexibility index (Phi) is 4.68. The molecule has 0 aliphatic rings. The molecule has 2 rings (SSSR count). The van der Waals surface area contributed by atoms with Crippen LogP contribution in [0, 0.1) is 0 Å². The van der Waals surface area contributed by atoms with E-state index in [9.17, 15) is 5.11 Å². The average Bonchev–Trinajstić information content (AvgIpc) is 2.99.